The summed E-state index contributed by atoms with van der Waals surface area (Å²) in [5.74, 6) is 0.320. The van der Waals surface area contributed by atoms with Crippen LogP contribution in [0.3, 0.4) is 0 Å². The van der Waals surface area contributed by atoms with Gasteiger partial charge in [0.1, 0.15) is 5.75 Å². The number of amides is 1. The van der Waals surface area contributed by atoms with E-state index in [9.17, 15) is 15.0 Å². The molecule has 1 fully saturated rings. The van der Waals surface area contributed by atoms with Crippen LogP contribution in [0.1, 0.15) is 5.56 Å². The molecule has 1 saturated heterocycles. The van der Waals surface area contributed by atoms with Gasteiger partial charge in [-0.3, -0.25) is 4.79 Å². The zero-order valence-corrected chi connectivity index (χ0v) is 10.5. The van der Waals surface area contributed by atoms with E-state index in [0.29, 0.717) is 12.3 Å². The minimum atomic E-state index is -0.875. The van der Waals surface area contributed by atoms with E-state index < -0.39 is 12.2 Å². The predicted molar refractivity (Wildman–Crippen MR) is 68.4 cm³/mol. The SMILES string of the molecule is NCc1ccccc1OCC(=O)N1C[C@@H](O)[C@@H](O)C1. The van der Waals surface area contributed by atoms with Crippen LogP contribution in [0.15, 0.2) is 24.3 Å². The first-order chi connectivity index (χ1) is 9.11. The Morgan fingerprint density at radius 2 is 1.95 bits per heavy atom. The fraction of sp³-hybridized carbons (Fsp3) is 0.462. The molecule has 1 aromatic rings. The van der Waals surface area contributed by atoms with Gasteiger partial charge in [0, 0.05) is 25.2 Å². The number of aliphatic hydroxyl groups excluding tert-OH is 2. The van der Waals surface area contributed by atoms with E-state index in [2.05, 4.69) is 0 Å². The molecule has 0 aromatic heterocycles. The van der Waals surface area contributed by atoms with Crippen molar-refractivity contribution in [1.29, 1.82) is 0 Å². The van der Waals surface area contributed by atoms with E-state index in [0.717, 1.165) is 5.56 Å². The third-order valence-corrected chi connectivity index (χ3v) is 3.16. The lowest BCUT2D eigenvalue weighted by Gasteiger charge is -2.16. The second kappa shape index (κ2) is 6.01. The maximum absolute atomic E-state index is 11.9. The second-order valence-electron chi connectivity index (χ2n) is 4.53. The Hall–Kier alpha value is -1.63. The molecular weight excluding hydrogens is 248 g/mol. The van der Waals surface area contributed by atoms with Crippen LogP contribution in [0.5, 0.6) is 5.75 Å². The Morgan fingerprint density at radius 1 is 1.32 bits per heavy atom. The predicted octanol–water partition coefficient (Wildman–Crippen LogP) is -0.912. The Balaban J connectivity index is 1.90. The number of carbonyl (C=O) groups is 1. The highest BCUT2D eigenvalue weighted by Gasteiger charge is 2.32. The Labute approximate surface area is 111 Å². The number of rotatable bonds is 4. The summed E-state index contributed by atoms with van der Waals surface area (Å²) in [6.45, 7) is 0.492. The molecule has 1 aromatic carbocycles. The normalized spacial score (nSPS) is 22.6. The van der Waals surface area contributed by atoms with E-state index in [4.69, 9.17) is 10.5 Å². The molecule has 0 unspecified atom stereocenters. The van der Waals surface area contributed by atoms with E-state index in [1.165, 1.54) is 4.90 Å². The van der Waals surface area contributed by atoms with E-state index in [1.807, 2.05) is 18.2 Å². The van der Waals surface area contributed by atoms with E-state index >= 15 is 0 Å². The zero-order valence-electron chi connectivity index (χ0n) is 10.5. The lowest BCUT2D eigenvalue weighted by Crippen LogP contribution is -2.34. The maximum Gasteiger partial charge on any atom is 0.260 e. The molecule has 19 heavy (non-hydrogen) atoms. The Kier molecular flexibility index (Phi) is 4.36. The number of hydrogen-bond acceptors (Lipinski definition) is 5. The van der Waals surface area contributed by atoms with Gasteiger partial charge in [-0.15, -0.1) is 0 Å². The molecule has 6 heteroatoms. The average molecular weight is 266 g/mol. The van der Waals surface area contributed by atoms with Crippen molar-refractivity contribution in [3.63, 3.8) is 0 Å². The standard InChI is InChI=1S/C13H18N2O4/c14-5-9-3-1-2-4-12(9)19-8-13(18)15-6-10(16)11(17)7-15/h1-4,10-11,16-17H,5-8,14H2/t10-,11+. The summed E-state index contributed by atoms with van der Waals surface area (Å²) < 4.78 is 5.44. The molecule has 0 saturated carbocycles. The van der Waals surface area contributed by atoms with Crippen molar-refractivity contribution in [3.8, 4) is 5.75 Å². The molecule has 0 spiro atoms. The third kappa shape index (κ3) is 3.23. The van der Waals surface area contributed by atoms with Gasteiger partial charge in [-0.25, -0.2) is 0 Å². The van der Waals surface area contributed by atoms with Crippen LogP contribution in [0.4, 0.5) is 0 Å². The number of β-amino-alcohol motifs (C(OH)–C–C–N with tert-alkyl or cyclic N) is 2. The quantitative estimate of drug-likeness (QED) is 0.655. The number of para-hydroxylation sites is 1. The highest BCUT2D eigenvalue weighted by atomic mass is 16.5. The molecule has 104 valence electrons. The zero-order chi connectivity index (χ0) is 13.8. The van der Waals surface area contributed by atoms with Crippen LogP contribution in [0, 0.1) is 0 Å². The number of ether oxygens (including phenoxy) is 1. The fourth-order valence-electron chi connectivity index (χ4n) is 2.02. The topological polar surface area (TPSA) is 96.0 Å². The summed E-state index contributed by atoms with van der Waals surface area (Å²) in [6.07, 6.45) is -1.75. The number of benzene rings is 1. The van der Waals surface area contributed by atoms with Gasteiger partial charge in [-0.2, -0.15) is 0 Å². The number of nitrogens with two attached hydrogens (primary N) is 1. The van der Waals surface area contributed by atoms with Crippen molar-refractivity contribution in [1.82, 2.24) is 4.90 Å². The number of likely N-dealkylation sites (tertiary alicyclic amines) is 1. The largest absolute Gasteiger partial charge is 0.483 e. The van der Waals surface area contributed by atoms with Crippen LogP contribution >= 0.6 is 0 Å². The fourth-order valence-corrected chi connectivity index (χ4v) is 2.02. The molecule has 2 rings (SSSR count). The third-order valence-electron chi connectivity index (χ3n) is 3.16. The van der Waals surface area contributed by atoms with E-state index in [1.54, 1.807) is 6.07 Å². The van der Waals surface area contributed by atoms with Gasteiger partial charge in [0.15, 0.2) is 6.61 Å². The minimum absolute atomic E-state index is 0.129. The van der Waals surface area contributed by atoms with E-state index in [-0.39, 0.29) is 25.6 Å². The molecule has 0 bridgehead atoms. The monoisotopic (exact) mass is 266 g/mol. The van der Waals surface area contributed by atoms with Crippen molar-refractivity contribution >= 4 is 5.91 Å². The lowest BCUT2D eigenvalue weighted by molar-refractivity contribution is -0.132. The number of hydrogen-bond donors (Lipinski definition) is 3. The van der Waals surface area contributed by atoms with Crippen molar-refractivity contribution in [2.45, 2.75) is 18.8 Å². The first kappa shape index (κ1) is 13.8. The lowest BCUT2D eigenvalue weighted by atomic mass is 10.2. The van der Waals surface area contributed by atoms with Crippen molar-refractivity contribution in [2.24, 2.45) is 5.73 Å². The van der Waals surface area contributed by atoms with Gasteiger partial charge >= 0.3 is 0 Å². The van der Waals surface area contributed by atoms with Gasteiger partial charge in [0.2, 0.25) is 0 Å². The smallest absolute Gasteiger partial charge is 0.260 e. The second-order valence-corrected chi connectivity index (χ2v) is 4.53. The van der Waals surface area contributed by atoms with Crippen molar-refractivity contribution < 1.29 is 19.7 Å². The van der Waals surface area contributed by atoms with Gasteiger partial charge in [-0.1, -0.05) is 18.2 Å². The highest BCUT2D eigenvalue weighted by molar-refractivity contribution is 5.78. The van der Waals surface area contributed by atoms with Crippen molar-refractivity contribution in [2.75, 3.05) is 19.7 Å². The van der Waals surface area contributed by atoms with Gasteiger partial charge < -0.3 is 25.6 Å². The summed E-state index contributed by atoms with van der Waals surface area (Å²) >= 11 is 0. The highest BCUT2D eigenvalue weighted by Crippen LogP contribution is 2.17. The van der Waals surface area contributed by atoms with Crippen molar-refractivity contribution in [3.05, 3.63) is 29.8 Å². The van der Waals surface area contributed by atoms with Gasteiger partial charge in [0.05, 0.1) is 12.2 Å². The summed E-state index contributed by atoms with van der Waals surface area (Å²) in [4.78, 5) is 13.2. The molecule has 6 nitrogen and oxygen atoms in total. The Bertz CT molecular complexity index is 442. The molecule has 0 aliphatic carbocycles. The number of carbonyl (C=O) groups excluding carboxylic acids is 1. The molecule has 4 N–H and O–H groups in total. The molecule has 1 aliphatic rings. The first-order valence-electron chi connectivity index (χ1n) is 6.16. The van der Waals surface area contributed by atoms with Crippen LogP contribution in [0.25, 0.3) is 0 Å². The van der Waals surface area contributed by atoms with Gasteiger partial charge in [-0.05, 0) is 6.07 Å². The molecule has 2 atom stereocenters. The van der Waals surface area contributed by atoms with Crippen LogP contribution in [-0.4, -0.2) is 52.9 Å². The molecule has 0 radical (unpaired) electrons. The summed E-state index contributed by atoms with van der Waals surface area (Å²) in [5, 5.41) is 18.8. The number of aliphatic hydroxyl groups is 2. The van der Waals surface area contributed by atoms with Crippen LogP contribution < -0.4 is 10.5 Å². The molecular formula is C13H18N2O4. The maximum atomic E-state index is 11.9. The van der Waals surface area contributed by atoms with Crippen LogP contribution in [-0.2, 0) is 11.3 Å². The summed E-state index contributed by atoms with van der Waals surface area (Å²) in [5.41, 5.74) is 6.40. The summed E-state index contributed by atoms with van der Waals surface area (Å²) in [7, 11) is 0. The molecule has 1 aliphatic heterocycles. The molecule has 1 heterocycles. The Morgan fingerprint density at radius 3 is 2.58 bits per heavy atom. The van der Waals surface area contributed by atoms with Gasteiger partial charge in [0.25, 0.3) is 5.91 Å². The minimum Gasteiger partial charge on any atom is -0.483 e. The molecule has 1 amide bonds. The van der Waals surface area contributed by atoms with Crippen LogP contribution in [0.2, 0.25) is 0 Å². The number of nitrogens with zero attached hydrogens (tertiary/aromatic N) is 1. The summed E-state index contributed by atoms with van der Waals surface area (Å²) in [6, 6.07) is 7.25. The average Bonchev–Trinajstić information content (AvgIpc) is 2.76. The first-order valence-corrected chi connectivity index (χ1v) is 6.16.